The van der Waals surface area contributed by atoms with Crippen LogP contribution in [0.3, 0.4) is 0 Å². The second kappa shape index (κ2) is 7.48. The molecule has 0 aromatic heterocycles. The average Bonchev–Trinajstić information content (AvgIpc) is 2.45. The first-order chi connectivity index (χ1) is 10.5. The molecule has 0 radical (unpaired) electrons. The number of carbonyl (C=O) groups is 1. The number of methoxy groups -OCH3 is 1. The fourth-order valence-corrected chi connectivity index (χ4v) is 3.15. The minimum Gasteiger partial charge on any atom is -0.384 e. The lowest BCUT2D eigenvalue weighted by Crippen LogP contribution is -2.47. The number of rotatable bonds is 5. The van der Waals surface area contributed by atoms with Crippen molar-refractivity contribution in [3.05, 3.63) is 33.8 Å². The van der Waals surface area contributed by atoms with E-state index in [0.29, 0.717) is 13.2 Å². The Morgan fingerprint density at radius 1 is 1.36 bits per heavy atom. The van der Waals surface area contributed by atoms with Crippen LogP contribution < -0.4 is 10.6 Å². The van der Waals surface area contributed by atoms with Gasteiger partial charge in [0.1, 0.15) is 17.2 Å². The molecule has 2 rings (SSSR count). The molecule has 1 amide bonds. The second-order valence-electron chi connectivity index (χ2n) is 5.61. The van der Waals surface area contributed by atoms with Gasteiger partial charge < -0.3 is 15.4 Å². The van der Waals surface area contributed by atoms with Gasteiger partial charge in [-0.25, -0.2) is 8.78 Å². The van der Waals surface area contributed by atoms with Crippen molar-refractivity contribution in [3.63, 3.8) is 0 Å². The van der Waals surface area contributed by atoms with Crippen LogP contribution in [0.25, 0.3) is 0 Å². The molecule has 4 nitrogen and oxygen atoms in total. The minimum absolute atomic E-state index is 0.196. The molecule has 1 heterocycles. The van der Waals surface area contributed by atoms with Crippen LogP contribution in [0.2, 0.25) is 0 Å². The van der Waals surface area contributed by atoms with Gasteiger partial charge in [-0.1, -0.05) is 15.9 Å². The van der Waals surface area contributed by atoms with Crippen LogP contribution in [-0.2, 0) is 4.74 Å². The molecule has 0 aliphatic carbocycles. The van der Waals surface area contributed by atoms with Gasteiger partial charge in [0.15, 0.2) is 0 Å². The number of carbonyl (C=O) groups excluding carboxylic acids is 1. The third kappa shape index (κ3) is 4.02. The molecule has 0 bridgehead atoms. The van der Waals surface area contributed by atoms with E-state index >= 15 is 0 Å². The molecule has 7 heteroatoms. The Morgan fingerprint density at radius 2 is 1.95 bits per heavy atom. The van der Waals surface area contributed by atoms with Gasteiger partial charge in [0.05, 0.1) is 6.61 Å². The maximum absolute atomic E-state index is 13.8. The van der Waals surface area contributed by atoms with E-state index in [9.17, 15) is 13.6 Å². The summed E-state index contributed by atoms with van der Waals surface area (Å²) in [5.74, 6) is -2.50. The van der Waals surface area contributed by atoms with Crippen molar-refractivity contribution in [2.75, 3.05) is 33.4 Å². The van der Waals surface area contributed by atoms with E-state index in [1.807, 2.05) is 0 Å². The number of amides is 1. The zero-order valence-electron chi connectivity index (χ0n) is 12.3. The predicted molar refractivity (Wildman–Crippen MR) is 82.8 cm³/mol. The van der Waals surface area contributed by atoms with Crippen molar-refractivity contribution in [2.24, 2.45) is 5.41 Å². The van der Waals surface area contributed by atoms with E-state index in [4.69, 9.17) is 4.74 Å². The van der Waals surface area contributed by atoms with Crippen LogP contribution in [0.4, 0.5) is 8.78 Å². The first kappa shape index (κ1) is 17.3. The van der Waals surface area contributed by atoms with Gasteiger partial charge in [-0.3, -0.25) is 4.79 Å². The highest BCUT2D eigenvalue weighted by molar-refractivity contribution is 9.10. The topological polar surface area (TPSA) is 50.4 Å². The monoisotopic (exact) mass is 376 g/mol. The van der Waals surface area contributed by atoms with E-state index in [1.54, 1.807) is 7.11 Å². The lowest BCUT2D eigenvalue weighted by atomic mass is 9.79. The third-order valence-electron chi connectivity index (χ3n) is 3.97. The summed E-state index contributed by atoms with van der Waals surface area (Å²) < 4.78 is 33.1. The quantitative estimate of drug-likeness (QED) is 0.829. The highest BCUT2D eigenvalue weighted by Crippen LogP contribution is 2.28. The Labute approximate surface area is 136 Å². The Bertz CT molecular complexity index is 520. The summed E-state index contributed by atoms with van der Waals surface area (Å²) in [6, 6.07) is 2.15. The molecule has 1 aromatic carbocycles. The number of benzene rings is 1. The number of nitrogens with one attached hydrogen (secondary N) is 2. The second-order valence-corrected chi connectivity index (χ2v) is 6.53. The van der Waals surface area contributed by atoms with Gasteiger partial charge in [0.2, 0.25) is 0 Å². The Balaban J connectivity index is 2.08. The van der Waals surface area contributed by atoms with Crippen molar-refractivity contribution in [1.82, 2.24) is 10.6 Å². The molecular formula is C15H19BrF2N2O2. The largest absolute Gasteiger partial charge is 0.384 e. The summed E-state index contributed by atoms with van der Waals surface area (Å²) in [7, 11) is 1.61. The fourth-order valence-electron chi connectivity index (χ4n) is 2.75. The summed E-state index contributed by atoms with van der Waals surface area (Å²) in [5.41, 5.74) is -0.748. The van der Waals surface area contributed by atoms with Crippen molar-refractivity contribution in [1.29, 1.82) is 0 Å². The molecule has 0 atom stereocenters. The summed E-state index contributed by atoms with van der Waals surface area (Å²) in [6.45, 7) is 2.50. The summed E-state index contributed by atoms with van der Waals surface area (Å²) in [6.07, 6.45) is 1.68. The van der Waals surface area contributed by atoms with Gasteiger partial charge >= 0.3 is 0 Å². The number of hydrogen-bond acceptors (Lipinski definition) is 3. The first-order valence-electron chi connectivity index (χ1n) is 7.10. The Morgan fingerprint density at radius 3 is 2.50 bits per heavy atom. The number of halogens is 3. The van der Waals surface area contributed by atoms with Gasteiger partial charge in [-0.2, -0.15) is 0 Å². The number of piperidine rings is 1. The zero-order valence-corrected chi connectivity index (χ0v) is 13.9. The van der Waals surface area contributed by atoms with E-state index in [2.05, 4.69) is 26.6 Å². The molecule has 1 aromatic rings. The molecule has 1 aliphatic rings. The molecule has 1 fully saturated rings. The average molecular weight is 377 g/mol. The molecule has 0 spiro atoms. The standard InChI is InChI=1S/C15H19BrF2N2O2/c1-22-9-15(2-4-19-5-3-15)8-20-14(21)13-11(17)6-10(16)7-12(13)18/h6-7,19H,2-5,8-9H2,1H3,(H,20,21). The first-order valence-corrected chi connectivity index (χ1v) is 7.89. The van der Waals surface area contributed by atoms with Crippen LogP contribution in [0.5, 0.6) is 0 Å². The third-order valence-corrected chi connectivity index (χ3v) is 4.43. The van der Waals surface area contributed by atoms with Crippen LogP contribution in [-0.4, -0.2) is 39.3 Å². The van der Waals surface area contributed by atoms with Crippen molar-refractivity contribution >= 4 is 21.8 Å². The van der Waals surface area contributed by atoms with Crippen molar-refractivity contribution in [2.45, 2.75) is 12.8 Å². The molecule has 1 saturated heterocycles. The molecule has 122 valence electrons. The van der Waals surface area contributed by atoms with Crippen LogP contribution in [0.1, 0.15) is 23.2 Å². The van der Waals surface area contributed by atoms with E-state index < -0.39 is 23.1 Å². The normalized spacial score (nSPS) is 17.3. The molecule has 0 unspecified atom stereocenters. The SMILES string of the molecule is COCC1(CNC(=O)c2c(F)cc(Br)cc2F)CCNCC1. The molecule has 0 saturated carbocycles. The van der Waals surface area contributed by atoms with E-state index in [1.165, 1.54) is 0 Å². The fraction of sp³-hybridized carbons (Fsp3) is 0.533. The van der Waals surface area contributed by atoms with Crippen molar-refractivity contribution < 1.29 is 18.3 Å². The van der Waals surface area contributed by atoms with Gasteiger partial charge in [-0.15, -0.1) is 0 Å². The van der Waals surface area contributed by atoms with Crippen molar-refractivity contribution in [3.8, 4) is 0 Å². The molecule has 1 aliphatic heterocycles. The van der Waals surface area contributed by atoms with Crippen LogP contribution in [0, 0.1) is 17.0 Å². The lowest BCUT2D eigenvalue weighted by Gasteiger charge is -2.37. The van der Waals surface area contributed by atoms with Gasteiger partial charge in [0.25, 0.3) is 5.91 Å². The maximum atomic E-state index is 13.8. The zero-order chi connectivity index (χ0) is 16.2. The van der Waals surface area contributed by atoms with Gasteiger partial charge in [0, 0.05) is 23.5 Å². The highest BCUT2D eigenvalue weighted by atomic mass is 79.9. The lowest BCUT2D eigenvalue weighted by molar-refractivity contribution is 0.0510. The number of hydrogen-bond donors (Lipinski definition) is 2. The summed E-state index contributed by atoms with van der Waals surface area (Å²) in [4.78, 5) is 12.1. The molecule has 2 N–H and O–H groups in total. The maximum Gasteiger partial charge on any atom is 0.257 e. The highest BCUT2D eigenvalue weighted by Gasteiger charge is 2.33. The Kier molecular flexibility index (Phi) is 5.88. The van der Waals surface area contributed by atoms with Gasteiger partial charge in [-0.05, 0) is 38.1 Å². The predicted octanol–water partition coefficient (Wildman–Crippen LogP) is 2.47. The van der Waals surface area contributed by atoms with Crippen LogP contribution >= 0.6 is 15.9 Å². The summed E-state index contributed by atoms with van der Waals surface area (Å²) in [5, 5.41) is 5.90. The number of ether oxygens (including phenoxy) is 1. The van der Waals surface area contributed by atoms with Crippen LogP contribution in [0.15, 0.2) is 16.6 Å². The minimum atomic E-state index is -0.879. The summed E-state index contributed by atoms with van der Waals surface area (Å²) >= 11 is 2.99. The van der Waals surface area contributed by atoms with E-state index in [-0.39, 0.29) is 9.89 Å². The molecule has 22 heavy (non-hydrogen) atoms. The Hall–Kier alpha value is -1.05. The molecular weight excluding hydrogens is 358 g/mol. The van der Waals surface area contributed by atoms with E-state index in [0.717, 1.165) is 38.1 Å². The smallest absolute Gasteiger partial charge is 0.257 e.